The van der Waals surface area contributed by atoms with Crippen LogP contribution < -0.4 is 15.4 Å². The van der Waals surface area contributed by atoms with E-state index in [9.17, 15) is 4.79 Å². The number of carbonyl (C=O) groups is 1. The van der Waals surface area contributed by atoms with Gasteiger partial charge in [0.25, 0.3) is 0 Å². The van der Waals surface area contributed by atoms with Crippen LogP contribution in [0.3, 0.4) is 0 Å². The van der Waals surface area contributed by atoms with Gasteiger partial charge in [0, 0.05) is 31.1 Å². The largest absolute Gasteiger partial charge is 0.492 e. The van der Waals surface area contributed by atoms with E-state index in [0.717, 1.165) is 35.4 Å². The number of hydrogen-bond donors (Lipinski definition) is 2. The van der Waals surface area contributed by atoms with Gasteiger partial charge in [0.15, 0.2) is 0 Å². The number of ether oxygens (including phenoxy) is 1. The van der Waals surface area contributed by atoms with Crippen molar-refractivity contribution in [3.05, 3.63) is 47.9 Å². The number of rotatable bonds is 8. The van der Waals surface area contributed by atoms with Crippen LogP contribution in [0.2, 0.25) is 0 Å². The van der Waals surface area contributed by atoms with Crippen LogP contribution in [0.15, 0.2) is 40.8 Å². The first-order chi connectivity index (χ1) is 11.6. The van der Waals surface area contributed by atoms with Crippen LogP contribution >= 0.6 is 0 Å². The average Bonchev–Trinajstić information content (AvgIpc) is 3.08. The molecule has 5 heteroatoms. The third-order valence-electron chi connectivity index (χ3n) is 4.16. The normalized spacial score (nSPS) is 19.1. The molecule has 1 aliphatic carbocycles. The van der Waals surface area contributed by atoms with E-state index in [1.54, 1.807) is 0 Å². The third-order valence-corrected chi connectivity index (χ3v) is 4.16. The van der Waals surface area contributed by atoms with Gasteiger partial charge in [-0.25, -0.2) is 0 Å². The van der Waals surface area contributed by atoms with Crippen molar-refractivity contribution in [1.29, 1.82) is 0 Å². The van der Waals surface area contributed by atoms with Crippen molar-refractivity contribution >= 4 is 11.6 Å². The van der Waals surface area contributed by atoms with Gasteiger partial charge in [-0.1, -0.05) is 13.0 Å². The molecule has 3 rings (SSSR count). The lowest BCUT2D eigenvalue weighted by Gasteiger charge is -2.09. The Morgan fingerprint density at radius 2 is 2.17 bits per heavy atom. The topological polar surface area (TPSA) is 63.5 Å². The molecule has 1 amide bonds. The zero-order chi connectivity index (χ0) is 16.9. The van der Waals surface area contributed by atoms with Gasteiger partial charge in [-0.05, 0) is 36.6 Å². The molecule has 1 aliphatic rings. The van der Waals surface area contributed by atoms with Gasteiger partial charge in [-0.2, -0.15) is 0 Å². The molecule has 0 radical (unpaired) electrons. The molecule has 0 spiro atoms. The standard InChI is InChI=1S/C19H24N2O3/c1-13-10-18(13)19-7-6-17(24-19)12-20-8-9-23-16-5-3-4-15(11-16)21-14(2)22/h3-7,11,13,18,20H,8-10,12H2,1-2H3,(H,21,22). The van der Waals surface area contributed by atoms with E-state index >= 15 is 0 Å². The predicted molar refractivity (Wildman–Crippen MR) is 93.2 cm³/mol. The molecule has 2 unspecified atom stereocenters. The molecule has 1 heterocycles. The zero-order valence-electron chi connectivity index (χ0n) is 14.2. The number of benzene rings is 1. The smallest absolute Gasteiger partial charge is 0.221 e. The van der Waals surface area contributed by atoms with Crippen molar-refractivity contribution in [2.75, 3.05) is 18.5 Å². The molecule has 1 fully saturated rings. The summed E-state index contributed by atoms with van der Waals surface area (Å²) < 4.78 is 11.5. The van der Waals surface area contributed by atoms with Crippen LogP contribution in [0.5, 0.6) is 5.75 Å². The second-order valence-corrected chi connectivity index (χ2v) is 6.36. The summed E-state index contributed by atoms with van der Waals surface area (Å²) in [6.07, 6.45) is 1.24. The summed E-state index contributed by atoms with van der Waals surface area (Å²) in [6, 6.07) is 11.5. The summed E-state index contributed by atoms with van der Waals surface area (Å²) in [4.78, 5) is 11.1. The van der Waals surface area contributed by atoms with Gasteiger partial charge < -0.3 is 19.8 Å². The van der Waals surface area contributed by atoms with Gasteiger partial charge in [-0.3, -0.25) is 4.79 Å². The highest BCUT2D eigenvalue weighted by atomic mass is 16.5. The van der Waals surface area contributed by atoms with Crippen molar-refractivity contribution in [2.45, 2.75) is 32.7 Å². The number of anilines is 1. The number of furan rings is 1. The van der Waals surface area contributed by atoms with Crippen molar-refractivity contribution in [3.8, 4) is 5.75 Å². The first-order valence-corrected chi connectivity index (χ1v) is 8.41. The predicted octanol–water partition coefficient (Wildman–Crippen LogP) is 3.53. The van der Waals surface area contributed by atoms with Crippen LogP contribution in [0.25, 0.3) is 0 Å². The lowest BCUT2D eigenvalue weighted by atomic mass is 10.3. The Hall–Kier alpha value is -2.27. The first-order valence-electron chi connectivity index (χ1n) is 8.41. The van der Waals surface area contributed by atoms with E-state index in [-0.39, 0.29) is 5.91 Å². The number of nitrogens with one attached hydrogen (secondary N) is 2. The number of amides is 1. The monoisotopic (exact) mass is 328 g/mol. The molecule has 2 atom stereocenters. The van der Waals surface area contributed by atoms with Gasteiger partial charge in [0.05, 0.1) is 6.54 Å². The van der Waals surface area contributed by atoms with Crippen LogP contribution in [0.1, 0.15) is 37.7 Å². The highest BCUT2D eigenvalue weighted by Gasteiger charge is 2.36. The SMILES string of the molecule is CC(=O)Nc1cccc(OCCNCc2ccc(C3CC3C)o2)c1. The molecular formula is C19H24N2O3. The van der Waals surface area contributed by atoms with E-state index in [1.165, 1.54) is 13.3 Å². The van der Waals surface area contributed by atoms with Gasteiger partial charge >= 0.3 is 0 Å². The zero-order valence-corrected chi connectivity index (χ0v) is 14.2. The van der Waals surface area contributed by atoms with Crippen molar-refractivity contribution in [3.63, 3.8) is 0 Å². The third kappa shape index (κ3) is 4.61. The molecule has 2 N–H and O–H groups in total. The van der Waals surface area contributed by atoms with Gasteiger partial charge in [-0.15, -0.1) is 0 Å². The Morgan fingerprint density at radius 3 is 2.92 bits per heavy atom. The van der Waals surface area contributed by atoms with Gasteiger partial charge in [0.1, 0.15) is 23.9 Å². The fourth-order valence-corrected chi connectivity index (χ4v) is 2.73. The van der Waals surface area contributed by atoms with E-state index in [1.807, 2.05) is 30.3 Å². The van der Waals surface area contributed by atoms with Gasteiger partial charge in [0.2, 0.25) is 5.91 Å². The molecule has 1 saturated carbocycles. The summed E-state index contributed by atoms with van der Waals surface area (Å²) in [5.74, 6) is 4.12. The second-order valence-electron chi connectivity index (χ2n) is 6.36. The fourth-order valence-electron chi connectivity index (χ4n) is 2.73. The Morgan fingerprint density at radius 1 is 1.33 bits per heavy atom. The quantitative estimate of drug-likeness (QED) is 0.728. The molecule has 1 aromatic carbocycles. The Labute approximate surface area is 142 Å². The second kappa shape index (κ2) is 7.53. The Bertz CT molecular complexity index is 695. The molecule has 24 heavy (non-hydrogen) atoms. The highest BCUT2D eigenvalue weighted by molar-refractivity contribution is 5.88. The van der Waals surface area contributed by atoms with Crippen molar-refractivity contribution < 1.29 is 13.9 Å². The molecule has 0 aliphatic heterocycles. The fraction of sp³-hybridized carbons (Fsp3) is 0.421. The highest BCUT2D eigenvalue weighted by Crippen LogP contribution is 2.47. The lowest BCUT2D eigenvalue weighted by molar-refractivity contribution is -0.114. The van der Waals surface area contributed by atoms with Crippen LogP contribution in [0.4, 0.5) is 5.69 Å². The molecule has 0 bridgehead atoms. The summed E-state index contributed by atoms with van der Waals surface area (Å²) in [7, 11) is 0. The maximum atomic E-state index is 11.1. The first kappa shape index (κ1) is 16.6. The van der Waals surface area contributed by atoms with Crippen molar-refractivity contribution in [1.82, 2.24) is 5.32 Å². The Balaban J connectivity index is 1.36. The molecule has 5 nitrogen and oxygen atoms in total. The summed E-state index contributed by atoms with van der Waals surface area (Å²) in [5, 5.41) is 6.05. The molecule has 128 valence electrons. The van der Waals surface area contributed by atoms with Crippen molar-refractivity contribution in [2.24, 2.45) is 5.92 Å². The number of carbonyl (C=O) groups excluding carboxylic acids is 1. The molecular weight excluding hydrogens is 304 g/mol. The van der Waals surface area contributed by atoms with E-state index in [0.29, 0.717) is 19.1 Å². The minimum Gasteiger partial charge on any atom is -0.492 e. The summed E-state index contributed by atoms with van der Waals surface area (Å²) in [6.45, 7) is 5.72. The Kier molecular flexibility index (Phi) is 5.20. The average molecular weight is 328 g/mol. The number of hydrogen-bond acceptors (Lipinski definition) is 4. The summed E-state index contributed by atoms with van der Waals surface area (Å²) >= 11 is 0. The molecule has 1 aromatic heterocycles. The summed E-state index contributed by atoms with van der Waals surface area (Å²) in [5.41, 5.74) is 0.741. The lowest BCUT2D eigenvalue weighted by Crippen LogP contribution is -2.20. The van der Waals surface area contributed by atoms with Crippen LogP contribution in [-0.2, 0) is 11.3 Å². The minimum absolute atomic E-state index is 0.0905. The molecule has 2 aromatic rings. The van der Waals surface area contributed by atoms with Crippen LogP contribution in [-0.4, -0.2) is 19.1 Å². The van der Waals surface area contributed by atoms with E-state index in [2.05, 4.69) is 23.6 Å². The van der Waals surface area contributed by atoms with E-state index < -0.39 is 0 Å². The molecule has 0 saturated heterocycles. The minimum atomic E-state index is -0.0905. The maximum absolute atomic E-state index is 11.1. The maximum Gasteiger partial charge on any atom is 0.221 e. The van der Waals surface area contributed by atoms with E-state index in [4.69, 9.17) is 9.15 Å². The van der Waals surface area contributed by atoms with Crippen LogP contribution in [0, 0.1) is 5.92 Å².